The molecule has 3 saturated heterocycles. The Bertz CT molecular complexity index is 405. The minimum Gasteiger partial charge on any atom is -0.381 e. The number of hydrogen-bond donors (Lipinski definition) is 1. The fourth-order valence-electron chi connectivity index (χ4n) is 4.11. The zero-order valence-electron chi connectivity index (χ0n) is 14.7. The van der Waals surface area contributed by atoms with Crippen molar-refractivity contribution in [3.8, 4) is 0 Å². The van der Waals surface area contributed by atoms with Gasteiger partial charge in [-0.05, 0) is 51.4 Å². The quantitative estimate of drug-likeness (QED) is 0.622. The van der Waals surface area contributed by atoms with E-state index < -0.39 is 0 Å². The highest BCUT2D eigenvalue weighted by Crippen LogP contribution is 2.33. The van der Waals surface area contributed by atoms with Crippen LogP contribution in [0.25, 0.3) is 0 Å². The standard InChI is InChI=1S/C17H32N4OS/c1-18-16(19-14-17(23-2)6-11-22-12-7-17)21-10-5-15(13-21)20-8-3-4-9-20/h15H,3-14H2,1-2H3,(H,18,19). The summed E-state index contributed by atoms with van der Waals surface area (Å²) in [5.74, 6) is 1.09. The monoisotopic (exact) mass is 340 g/mol. The molecule has 0 aromatic carbocycles. The third kappa shape index (κ3) is 4.15. The summed E-state index contributed by atoms with van der Waals surface area (Å²) >= 11 is 1.98. The number of guanidine groups is 1. The SMILES string of the molecule is CN=C(NCC1(SC)CCOCC1)N1CCC(N2CCCC2)C1. The van der Waals surface area contributed by atoms with Gasteiger partial charge in [-0.1, -0.05) is 0 Å². The number of nitrogens with one attached hydrogen (secondary N) is 1. The molecule has 132 valence electrons. The summed E-state index contributed by atoms with van der Waals surface area (Å²) in [6, 6.07) is 0.730. The van der Waals surface area contributed by atoms with E-state index in [2.05, 4.69) is 26.4 Å². The Balaban J connectivity index is 1.52. The van der Waals surface area contributed by atoms with Gasteiger partial charge in [0.05, 0.1) is 0 Å². The molecule has 0 aromatic heterocycles. The fraction of sp³-hybridized carbons (Fsp3) is 0.941. The lowest BCUT2D eigenvalue weighted by molar-refractivity contribution is 0.0781. The van der Waals surface area contributed by atoms with Crippen molar-refractivity contribution in [3.05, 3.63) is 0 Å². The molecule has 5 nitrogen and oxygen atoms in total. The highest BCUT2D eigenvalue weighted by atomic mass is 32.2. The average Bonchev–Trinajstić information content (AvgIpc) is 3.28. The van der Waals surface area contributed by atoms with E-state index in [-0.39, 0.29) is 0 Å². The summed E-state index contributed by atoms with van der Waals surface area (Å²) < 4.78 is 5.85. The Morgan fingerprint density at radius 2 is 2.00 bits per heavy atom. The lowest BCUT2D eigenvalue weighted by Crippen LogP contribution is -2.49. The molecule has 23 heavy (non-hydrogen) atoms. The van der Waals surface area contributed by atoms with Crippen LogP contribution in [0.4, 0.5) is 0 Å². The molecule has 1 atom stereocenters. The number of aliphatic imine (C=N–C) groups is 1. The molecule has 0 aromatic rings. The highest BCUT2D eigenvalue weighted by molar-refractivity contribution is 8.00. The van der Waals surface area contributed by atoms with E-state index in [1.54, 1.807) is 0 Å². The predicted octanol–water partition coefficient (Wildman–Crippen LogP) is 1.64. The normalized spacial score (nSPS) is 29.2. The number of ether oxygens (including phenoxy) is 1. The lowest BCUT2D eigenvalue weighted by atomic mass is 9.99. The van der Waals surface area contributed by atoms with Crippen LogP contribution < -0.4 is 5.32 Å². The van der Waals surface area contributed by atoms with Crippen LogP contribution in [0.1, 0.15) is 32.1 Å². The molecule has 1 N–H and O–H groups in total. The van der Waals surface area contributed by atoms with Gasteiger partial charge in [-0.25, -0.2) is 0 Å². The maximum absolute atomic E-state index is 5.54. The third-order valence-electron chi connectivity index (χ3n) is 5.74. The number of thioether (sulfide) groups is 1. The summed E-state index contributed by atoms with van der Waals surface area (Å²) in [4.78, 5) is 9.68. The van der Waals surface area contributed by atoms with Crippen LogP contribution in [-0.4, -0.2) is 85.8 Å². The first-order valence-electron chi connectivity index (χ1n) is 9.09. The van der Waals surface area contributed by atoms with Crippen LogP contribution in [0.5, 0.6) is 0 Å². The summed E-state index contributed by atoms with van der Waals surface area (Å²) in [5.41, 5.74) is 0. The molecule has 0 spiro atoms. The second kappa shape index (κ2) is 8.08. The van der Waals surface area contributed by atoms with Crippen LogP contribution in [0, 0.1) is 0 Å². The van der Waals surface area contributed by atoms with Crippen LogP contribution >= 0.6 is 11.8 Å². The largest absolute Gasteiger partial charge is 0.381 e. The summed E-state index contributed by atoms with van der Waals surface area (Å²) in [6.07, 6.45) is 8.53. The topological polar surface area (TPSA) is 40.1 Å². The molecule has 1 unspecified atom stereocenters. The van der Waals surface area contributed by atoms with Gasteiger partial charge < -0.3 is 15.0 Å². The summed E-state index contributed by atoms with van der Waals surface area (Å²) in [7, 11) is 1.92. The second-order valence-corrected chi connectivity index (χ2v) is 8.31. The van der Waals surface area contributed by atoms with E-state index >= 15 is 0 Å². The predicted molar refractivity (Wildman–Crippen MR) is 98.4 cm³/mol. The van der Waals surface area contributed by atoms with Crippen molar-refractivity contribution >= 4 is 17.7 Å². The minimum atomic E-state index is 0.308. The Morgan fingerprint density at radius 1 is 1.26 bits per heavy atom. The average molecular weight is 341 g/mol. The molecule has 3 rings (SSSR count). The van der Waals surface area contributed by atoms with E-state index in [1.165, 1.54) is 32.4 Å². The number of hydrogen-bond acceptors (Lipinski definition) is 4. The van der Waals surface area contributed by atoms with E-state index in [0.717, 1.165) is 57.7 Å². The van der Waals surface area contributed by atoms with Crippen LogP contribution in [0.15, 0.2) is 4.99 Å². The van der Waals surface area contributed by atoms with Gasteiger partial charge in [0.15, 0.2) is 5.96 Å². The van der Waals surface area contributed by atoms with Crippen LogP contribution in [0.3, 0.4) is 0 Å². The molecular formula is C17H32N4OS. The van der Waals surface area contributed by atoms with Crippen molar-refractivity contribution in [2.75, 3.05) is 59.2 Å². The van der Waals surface area contributed by atoms with Crippen LogP contribution in [-0.2, 0) is 4.74 Å². The number of rotatable bonds is 4. The van der Waals surface area contributed by atoms with Crippen LogP contribution in [0.2, 0.25) is 0 Å². The van der Waals surface area contributed by atoms with Crippen molar-refractivity contribution in [3.63, 3.8) is 0 Å². The van der Waals surface area contributed by atoms with Gasteiger partial charge in [0.25, 0.3) is 0 Å². The van der Waals surface area contributed by atoms with E-state index in [0.29, 0.717) is 4.75 Å². The Labute approximate surface area is 145 Å². The van der Waals surface area contributed by atoms with E-state index in [1.807, 2.05) is 18.8 Å². The molecular weight excluding hydrogens is 308 g/mol. The maximum Gasteiger partial charge on any atom is 0.193 e. The molecule has 3 aliphatic heterocycles. The molecule has 6 heteroatoms. The molecule has 0 aliphatic carbocycles. The lowest BCUT2D eigenvalue weighted by Gasteiger charge is -2.37. The highest BCUT2D eigenvalue weighted by Gasteiger charge is 2.34. The fourth-order valence-corrected chi connectivity index (χ4v) is 4.90. The van der Waals surface area contributed by atoms with Crippen molar-refractivity contribution in [2.24, 2.45) is 4.99 Å². The van der Waals surface area contributed by atoms with Crippen molar-refractivity contribution in [2.45, 2.75) is 42.9 Å². The Kier molecular flexibility index (Phi) is 6.10. The third-order valence-corrected chi connectivity index (χ3v) is 7.16. The van der Waals surface area contributed by atoms with Crippen molar-refractivity contribution in [1.29, 1.82) is 0 Å². The molecule has 3 heterocycles. The Hall–Kier alpha value is -0.460. The van der Waals surface area contributed by atoms with Crippen molar-refractivity contribution in [1.82, 2.24) is 15.1 Å². The van der Waals surface area contributed by atoms with Gasteiger partial charge in [0, 0.05) is 50.7 Å². The van der Waals surface area contributed by atoms with Gasteiger partial charge in [-0.3, -0.25) is 9.89 Å². The Morgan fingerprint density at radius 3 is 2.65 bits per heavy atom. The molecule has 3 aliphatic rings. The van der Waals surface area contributed by atoms with E-state index in [4.69, 9.17) is 4.74 Å². The van der Waals surface area contributed by atoms with Gasteiger partial charge in [0.2, 0.25) is 0 Å². The van der Waals surface area contributed by atoms with Gasteiger partial charge in [-0.2, -0.15) is 11.8 Å². The van der Waals surface area contributed by atoms with Gasteiger partial charge in [0.1, 0.15) is 0 Å². The first-order valence-corrected chi connectivity index (χ1v) is 10.3. The van der Waals surface area contributed by atoms with Crippen molar-refractivity contribution < 1.29 is 4.74 Å². The maximum atomic E-state index is 5.54. The first-order chi connectivity index (χ1) is 11.3. The summed E-state index contributed by atoms with van der Waals surface area (Å²) in [6.45, 7) is 7.63. The molecule has 0 amide bonds. The zero-order chi connectivity index (χ0) is 16.1. The number of likely N-dealkylation sites (tertiary alicyclic amines) is 2. The van der Waals surface area contributed by atoms with Gasteiger partial charge in [-0.15, -0.1) is 0 Å². The molecule has 3 fully saturated rings. The minimum absolute atomic E-state index is 0.308. The molecule has 0 radical (unpaired) electrons. The number of nitrogens with zero attached hydrogens (tertiary/aromatic N) is 3. The molecule has 0 saturated carbocycles. The summed E-state index contributed by atoms with van der Waals surface area (Å²) in [5, 5.41) is 3.66. The molecule has 0 bridgehead atoms. The smallest absolute Gasteiger partial charge is 0.193 e. The van der Waals surface area contributed by atoms with E-state index in [9.17, 15) is 0 Å². The first kappa shape index (κ1) is 17.4. The second-order valence-electron chi connectivity index (χ2n) is 7.03. The zero-order valence-corrected chi connectivity index (χ0v) is 15.5. The van der Waals surface area contributed by atoms with Gasteiger partial charge >= 0.3 is 0 Å².